The summed E-state index contributed by atoms with van der Waals surface area (Å²) in [5.41, 5.74) is 1.30. The van der Waals surface area contributed by atoms with Crippen molar-refractivity contribution in [1.82, 2.24) is 4.90 Å². The van der Waals surface area contributed by atoms with Gasteiger partial charge in [0.25, 0.3) is 0 Å². The molecule has 2 aromatic rings. The highest BCUT2D eigenvalue weighted by Crippen LogP contribution is 2.45. The molecule has 3 rings (SSSR count). The number of halogens is 2. The van der Waals surface area contributed by atoms with E-state index in [1.54, 1.807) is 12.1 Å². The van der Waals surface area contributed by atoms with Gasteiger partial charge in [0, 0.05) is 18.4 Å². The Bertz CT molecular complexity index is 694. The van der Waals surface area contributed by atoms with Crippen LogP contribution in [0.15, 0.2) is 54.6 Å². The van der Waals surface area contributed by atoms with Crippen LogP contribution in [0.4, 0.5) is 4.39 Å². The van der Waals surface area contributed by atoms with E-state index in [0.29, 0.717) is 6.42 Å². The lowest BCUT2D eigenvalue weighted by molar-refractivity contribution is -0.0771. The zero-order chi connectivity index (χ0) is 17.9. The predicted octanol–water partition coefficient (Wildman–Crippen LogP) is 5.01. The quantitative estimate of drug-likeness (QED) is 0.791. The van der Waals surface area contributed by atoms with Gasteiger partial charge in [0.2, 0.25) is 0 Å². The van der Waals surface area contributed by atoms with Gasteiger partial charge in [-0.15, -0.1) is 12.4 Å². The fourth-order valence-electron chi connectivity index (χ4n) is 4.46. The molecule has 26 heavy (non-hydrogen) atoms. The maximum Gasteiger partial charge on any atom is 0.123 e. The molecule has 0 saturated heterocycles. The second-order valence-electron chi connectivity index (χ2n) is 7.58. The number of aliphatic hydroxyl groups is 1. The molecule has 0 spiro atoms. The molecule has 0 bridgehead atoms. The SMILES string of the molecule is CN(C)C(c1ccccc1)C1CCCCC1(O)Cc1cccc(F)c1.Cl. The van der Waals surface area contributed by atoms with Crippen LogP contribution in [0.25, 0.3) is 0 Å². The topological polar surface area (TPSA) is 23.5 Å². The zero-order valence-electron chi connectivity index (χ0n) is 15.6. The zero-order valence-corrected chi connectivity index (χ0v) is 16.4. The standard InChI is InChI=1S/C22H28FNO.ClH/c1-24(2)21(18-10-4-3-5-11-18)20-13-6-7-14-22(20,25)16-17-9-8-12-19(23)15-17;/h3-5,8-12,15,20-21,25H,6-7,13-14,16H2,1-2H3;1H. The van der Waals surface area contributed by atoms with E-state index < -0.39 is 5.60 Å². The summed E-state index contributed by atoms with van der Waals surface area (Å²) in [6, 6.07) is 17.2. The summed E-state index contributed by atoms with van der Waals surface area (Å²) >= 11 is 0. The van der Waals surface area contributed by atoms with E-state index in [9.17, 15) is 9.50 Å². The summed E-state index contributed by atoms with van der Waals surface area (Å²) in [6.45, 7) is 0. The van der Waals surface area contributed by atoms with Crippen molar-refractivity contribution in [1.29, 1.82) is 0 Å². The molecule has 142 valence electrons. The van der Waals surface area contributed by atoms with Crippen molar-refractivity contribution in [2.45, 2.75) is 43.7 Å². The molecule has 0 heterocycles. The van der Waals surface area contributed by atoms with Crippen LogP contribution in [0.5, 0.6) is 0 Å². The minimum absolute atomic E-state index is 0. The van der Waals surface area contributed by atoms with Gasteiger partial charge in [-0.05, 0) is 50.2 Å². The second-order valence-corrected chi connectivity index (χ2v) is 7.58. The van der Waals surface area contributed by atoms with Gasteiger partial charge < -0.3 is 10.0 Å². The first-order valence-corrected chi connectivity index (χ1v) is 9.18. The van der Waals surface area contributed by atoms with Crippen LogP contribution in [0, 0.1) is 11.7 Å². The summed E-state index contributed by atoms with van der Waals surface area (Å²) in [5, 5.41) is 11.6. The largest absolute Gasteiger partial charge is 0.389 e. The first kappa shape index (κ1) is 20.9. The smallest absolute Gasteiger partial charge is 0.123 e. The van der Waals surface area contributed by atoms with Crippen molar-refractivity contribution >= 4 is 12.4 Å². The van der Waals surface area contributed by atoms with Gasteiger partial charge in [-0.25, -0.2) is 4.39 Å². The Balaban J connectivity index is 0.00000243. The van der Waals surface area contributed by atoms with Crippen LogP contribution < -0.4 is 0 Å². The van der Waals surface area contributed by atoms with Crippen LogP contribution in [0.2, 0.25) is 0 Å². The fraction of sp³-hybridized carbons (Fsp3) is 0.455. The average Bonchev–Trinajstić information content (AvgIpc) is 2.57. The van der Waals surface area contributed by atoms with E-state index >= 15 is 0 Å². The first-order chi connectivity index (χ1) is 12.0. The molecule has 0 amide bonds. The lowest BCUT2D eigenvalue weighted by atomic mass is 9.67. The van der Waals surface area contributed by atoms with Crippen molar-refractivity contribution in [3.63, 3.8) is 0 Å². The highest BCUT2D eigenvalue weighted by atomic mass is 35.5. The Labute approximate surface area is 162 Å². The molecule has 1 saturated carbocycles. The van der Waals surface area contributed by atoms with Gasteiger partial charge in [-0.1, -0.05) is 55.3 Å². The minimum atomic E-state index is -0.809. The monoisotopic (exact) mass is 377 g/mol. The minimum Gasteiger partial charge on any atom is -0.389 e. The lowest BCUT2D eigenvalue weighted by Gasteiger charge is -2.46. The molecule has 0 aliphatic heterocycles. The van der Waals surface area contributed by atoms with E-state index in [0.717, 1.165) is 31.2 Å². The molecule has 1 aliphatic rings. The molecule has 1 aliphatic carbocycles. The molecule has 1 fully saturated rings. The highest BCUT2D eigenvalue weighted by Gasteiger charge is 2.44. The number of benzene rings is 2. The Morgan fingerprint density at radius 1 is 1.12 bits per heavy atom. The number of rotatable bonds is 5. The Kier molecular flexibility index (Phi) is 7.22. The molecule has 3 atom stereocenters. The van der Waals surface area contributed by atoms with E-state index in [2.05, 4.69) is 43.3 Å². The van der Waals surface area contributed by atoms with Crippen molar-refractivity contribution in [3.8, 4) is 0 Å². The molecule has 2 aromatic carbocycles. The van der Waals surface area contributed by atoms with Crippen molar-refractivity contribution in [2.75, 3.05) is 14.1 Å². The lowest BCUT2D eigenvalue weighted by Crippen LogP contribution is -2.48. The van der Waals surface area contributed by atoms with Gasteiger partial charge in [0.15, 0.2) is 0 Å². The predicted molar refractivity (Wildman–Crippen MR) is 107 cm³/mol. The maximum atomic E-state index is 13.6. The molecule has 4 heteroatoms. The summed E-state index contributed by atoms with van der Waals surface area (Å²) < 4.78 is 13.6. The summed E-state index contributed by atoms with van der Waals surface area (Å²) in [7, 11) is 4.16. The molecular formula is C22H29ClFNO. The number of hydrogen-bond acceptors (Lipinski definition) is 2. The summed E-state index contributed by atoms with van der Waals surface area (Å²) in [4.78, 5) is 2.21. The van der Waals surface area contributed by atoms with Gasteiger partial charge in [-0.3, -0.25) is 0 Å². The van der Waals surface area contributed by atoms with Gasteiger partial charge in [0.1, 0.15) is 5.82 Å². The molecule has 0 aromatic heterocycles. The first-order valence-electron chi connectivity index (χ1n) is 9.18. The van der Waals surface area contributed by atoms with Gasteiger partial charge in [-0.2, -0.15) is 0 Å². The number of nitrogens with zero attached hydrogens (tertiary/aromatic N) is 1. The third-order valence-corrected chi connectivity index (χ3v) is 5.54. The molecule has 0 radical (unpaired) electrons. The van der Waals surface area contributed by atoms with Crippen LogP contribution in [0.1, 0.15) is 42.9 Å². The van der Waals surface area contributed by atoms with Crippen LogP contribution in [-0.2, 0) is 6.42 Å². The highest BCUT2D eigenvalue weighted by molar-refractivity contribution is 5.85. The van der Waals surface area contributed by atoms with E-state index in [1.807, 2.05) is 12.1 Å². The van der Waals surface area contributed by atoms with Crippen molar-refractivity contribution < 1.29 is 9.50 Å². The van der Waals surface area contributed by atoms with E-state index in [1.165, 1.54) is 11.6 Å². The second kappa shape index (κ2) is 8.98. The summed E-state index contributed by atoms with van der Waals surface area (Å²) in [6.07, 6.45) is 4.42. The average molecular weight is 378 g/mol. The molecule has 2 nitrogen and oxygen atoms in total. The van der Waals surface area contributed by atoms with E-state index in [-0.39, 0.29) is 30.2 Å². The van der Waals surface area contributed by atoms with Crippen molar-refractivity contribution in [2.24, 2.45) is 5.92 Å². The maximum absolute atomic E-state index is 13.6. The third-order valence-electron chi connectivity index (χ3n) is 5.54. The van der Waals surface area contributed by atoms with E-state index in [4.69, 9.17) is 0 Å². The molecule has 3 unspecified atom stereocenters. The Morgan fingerprint density at radius 2 is 1.85 bits per heavy atom. The van der Waals surface area contributed by atoms with Crippen molar-refractivity contribution in [3.05, 3.63) is 71.5 Å². The molecular weight excluding hydrogens is 349 g/mol. The van der Waals surface area contributed by atoms with Crippen LogP contribution in [0.3, 0.4) is 0 Å². The normalized spacial score (nSPS) is 24.1. The fourth-order valence-corrected chi connectivity index (χ4v) is 4.46. The summed E-state index contributed by atoms with van der Waals surface area (Å²) in [5.74, 6) is -0.109. The van der Waals surface area contributed by atoms with Gasteiger partial charge >= 0.3 is 0 Å². The Hall–Kier alpha value is -1.42. The Morgan fingerprint density at radius 3 is 2.50 bits per heavy atom. The van der Waals surface area contributed by atoms with Gasteiger partial charge in [0.05, 0.1) is 5.60 Å². The number of hydrogen-bond donors (Lipinski definition) is 1. The van der Waals surface area contributed by atoms with Crippen LogP contribution in [-0.4, -0.2) is 29.7 Å². The third kappa shape index (κ3) is 4.64. The van der Waals surface area contributed by atoms with Crippen LogP contribution >= 0.6 is 12.4 Å². The molecule has 1 N–H and O–H groups in total.